The van der Waals surface area contributed by atoms with E-state index in [4.69, 9.17) is 33.3 Å². The third-order valence-corrected chi connectivity index (χ3v) is 7.11. The predicted octanol–water partition coefficient (Wildman–Crippen LogP) is 6.50. The van der Waals surface area contributed by atoms with E-state index in [1.165, 1.54) is 11.1 Å². The molecule has 3 aliphatic heterocycles. The maximum absolute atomic E-state index is 6.44. The van der Waals surface area contributed by atoms with Gasteiger partial charge in [0.05, 0.1) is 17.1 Å². The largest absolute Gasteiger partial charge is 0.325 e. The molecule has 4 nitrogen and oxygen atoms in total. The summed E-state index contributed by atoms with van der Waals surface area (Å²) in [5, 5.41) is 8.13. The molecule has 2 aromatic carbocycles. The summed E-state index contributed by atoms with van der Waals surface area (Å²) in [4.78, 5) is 7.15. The number of hydrazone groups is 1. The van der Waals surface area contributed by atoms with Crippen LogP contribution in [0.3, 0.4) is 0 Å². The van der Waals surface area contributed by atoms with Gasteiger partial charge < -0.3 is 4.90 Å². The summed E-state index contributed by atoms with van der Waals surface area (Å²) < 4.78 is 0. The van der Waals surface area contributed by atoms with Gasteiger partial charge in [-0.2, -0.15) is 5.10 Å². The number of nitrogens with zero attached hydrogens (tertiary/aromatic N) is 4. The number of piperidine rings is 1. The Balaban J connectivity index is 1.79. The van der Waals surface area contributed by atoms with Crippen LogP contribution in [0, 0.1) is 0 Å². The Labute approximate surface area is 193 Å². The van der Waals surface area contributed by atoms with Gasteiger partial charge >= 0.3 is 0 Å². The lowest BCUT2D eigenvalue weighted by Gasteiger charge is -2.53. The second kappa shape index (κ2) is 7.54. The first-order valence-electron chi connectivity index (χ1n) is 10.5. The number of amidine groups is 1. The average Bonchev–Trinajstić information content (AvgIpc) is 3.11. The van der Waals surface area contributed by atoms with Gasteiger partial charge in [0.1, 0.15) is 5.84 Å². The molecule has 3 atom stereocenters. The number of hydrogen-bond donors (Lipinski definition) is 0. The molecule has 0 N–H and O–H groups in total. The van der Waals surface area contributed by atoms with Crippen LogP contribution in [0.25, 0.3) is 0 Å². The lowest BCUT2D eigenvalue weighted by molar-refractivity contribution is 0.241. The molecule has 31 heavy (non-hydrogen) atoms. The normalized spacial score (nSPS) is 26.1. The second-order valence-corrected chi connectivity index (χ2v) is 9.25. The predicted molar refractivity (Wildman–Crippen MR) is 129 cm³/mol. The summed E-state index contributed by atoms with van der Waals surface area (Å²) in [6.45, 7) is 6.66. The molecule has 6 heteroatoms. The zero-order valence-electron chi connectivity index (χ0n) is 17.6. The third kappa shape index (κ3) is 3.12. The second-order valence-electron chi connectivity index (χ2n) is 8.37. The van der Waals surface area contributed by atoms with E-state index in [9.17, 15) is 0 Å². The SMILES string of the molecule is C=C(CC)C1N2C=CN(C)N=C2CC(c2cccc(Cl)c2)C12C=Nc1cc(Cl)ccc12. The van der Waals surface area contributed by atoms with Gasteiger partial charge in [-0.1, -0.05) is 60.5 Å². The van der Waals surface area contributed by atoms with Gasteiger partial charge in [0.2, 0.25) is 0 Å². The maximum Gasteiger partial charge on any atom is 0.130 e. The van der Waals surface area contributed by atoms with Crippen LogP contribution < -0.4 is 0 Å². The van der Waals surface area contributed by atoms with E-state index in [1.807, 2.05) is 42.5 Å². The van der Waals surface area contributed by atoms with E-state index >= 15 is 0 Å². The lowest BCUT2D eigenvalue weighted by atomic mass is 9.59. The molecule has 3 unspecified atom stereocenters. The lowest BCUT2D eigenvalue weighted by Crippen LogP contribution is -2.60. The van der Waals surface area contributed by atoms with Crippen LogP contribution >= 0.6 is 23.2 Å². The van der Waals surface area contributed by atoms with E-state index in [-0.39, 0.29) is 12.0 Å². The minimum Gasteiger partial charge on any atom is -0.325 e. The zero-order chi connectivity index (χ0) is 21.8. The molecule has 0 bridgehead atoms. The molecule has 1 spiro atoms. The van der Waals surface area contributed by atoms with Crippen molar-refractivity contribution in [3.8, 4) is 0 Å². The molecule has 0 aliphatic carbocycles. The molecule has 3 aliphatic rings. The average molecular weight is 451 g/mol. The molecule has 5 rings (SSSR count). The molecule has 0 radical (unpaired) electrons. The molecule has 1 saturated heterocycles. The number of rotatable bonds is 3. The van der Waals surface area contributed by atoms with Gasteiger partial charge in [0.25, 0.3) is 0 Å². The van der Waals surface area contributed by atoms with Crippen LogP contribution in [0.5, 0.6) is 0 Å². The number of aliphatic imine (C=N–C) groups is 1. The first-order valence-corrected chi connectivity index (χ1v) is 11.2. The molecule has 0 saturated carbocycles. The van der Waals surface area contributed by atoms with Crippen molar-refractivity contribution in [1.29, 1.82) is 0 Å². The van der Waals surface area contributed by atoms with Crippen molar-refractivity contribution < 1.29 is 0 Å². The Morgan fingerprint density at radius 3 is 2.74 bits per heavy atom. The Morgan fingerprint density at radius 1 is 1.16 bits per heavy atom. The van der Waals surface area contributed by atoms with Crippen LogP contribution in [-0.4, -0.2) is 35.0 Å². The fourth-order valence-electron chi connectivity index (χ4n) is 5.24. The minimum absolute atomic E-state index is 0.0230. The van der Waals surface area contributed by atoms with Crippen molar-refractivity contribution >= 4 is 40.9 Å². The molecule has 0 amide bonds. The molecule has 0 aromatic heterocycles. The fourth-order valence-corrected chi connectivity index (χ4v) is 5.60. The molecule has 2 aromatic rings. The van der Waals surface area contributed by atoms with E-state index in [0.717, 1.165) is 35.0 Å². The van der Waals surface area contributed by atoms with Gasteiger partial charge in [-0.15, -0.1) is 0 Å². The van der Waals surface area contributed by atoms with Gasteiger partial charge in [0, 0.05) is 48.0 Å². The van der Waals surface area contributed by atoms with Crippen molar-refractivity contribution in [2.24, 2.45) is 10.1 Å². The van der Waals surface area contributed by atoms with Gasteiger partial charge in [-0.05, 0) is 41.8 Å². The standard InChI is InChI=1S/C25H24Cl2N4/c1-4-16(2)24-25(15-28-22-13-19(27)8-9-20(22)25)21(17-6-5-7-18(26)12-17)14-23-29-30(3)10-11-31(23)24/h5-13,15,21,24H,2,4,14H2,1,3H3. The summed E-state index contributed by atoms with van der Waals surface area (Å²) in [6, 6.07) is 14.2. The number of hydrogen-bond acceptors (Lipinski definition) is 4. The van der Waals surface area contributed by atoms with E-state index in [2.05, 4.69) is 49.0 Å². The highest BCUT2D eigenvalue weighted by atomic mass is 35.5. The Hall–Kier alpha value is -2.56. The van der Waals surface area contributed by atoms with E-state index in [1.54, 1.807) is 0 Å². The van der Waals surface area contributed by atoms with Crippen LogP contribution in [0.4, 0.5) is 5.69 Å². The summed E-state index contributed by atoms with van der Waals surface area (Å²) in [5.41, 5.74) is 4.01. The first-order chi connectivity index (χ1) is 14.9. The van der Waals surface area contributed by atoms with Crippen molar-refractivity contribution in [3.63, 3.8) is 0 Å². The third-order valence-electron chi connectivity index (χ3n) is 6.64. The Kier molecular flexibility index (Phi) is 4.95. The molecule has 3 heterocycles. The quantitative estimate of drug-likeness (QED) is 0.499. The van der Waals surface area contributed by atoms with Crippen molar-refractivity contribution in [1.82, 2.24) is 9.91 Å². The van der Waals surface area contributed by atoms with Crippen LogP contribution in [0.15, 0.2) is 77.1 Å². The highest BCUT2D eigenvalue weighted by molar-refractivity contribution is 6.31. The van der Waals surface area contributed by atoms with Crippen molar-refractivity contribution in [2.75, 3.05) is 7.05 Å². The van der Waals surface area contributed by atoms with Crippen LogP contribution in [0.2, 0.25) is 10.0 Å². The molecule has 1 fully saturated rings. The van der Waals surface area contributed by atoms with Gasteiger partial charge in [0.15, 0.2) is 0 Å². The minimum atomic E-state index is -0.406. The molecular weight excluding hydrogens is 427 g/mol. The van der Waals surface area contributed by atoms with Crippen molar-refractivity contribution in [2.45, 2.75) is 37.1 Å². The molecule has 158 valence electrons. The zero-order valence-corrected chi connectivity index (χ0v) is 19.1. The summed E-state index contributed by atoms with van der Waals surface area (Å²) in [5.74, 6) is 1.12. The number of fused-ring (bicyclic) bond motifs is 3. The maximum atomic E-state index is 6.44. The number of halogens is 2. The Bertz CT molecular complexity index is 1150. The summed E-state index contributed by atoms with van der Waals surface area (Å²) in [7, 11) is 1.96. The van der Waals surface area contributed by atoms with E-state index in [0.29, 0.717) is 5.02 Å². The van der Waals surface area contributed by atoms with E-state index < -0.39 is 5.41 Å². The Morgan fingerprint density at radius 2 is 1.97 bits per heavy atom. The fraction of sp³-hybridized carbons (Fsp3) is 0.280. The number of benzene rings is 2. The van der Waals surface area contributed by atoms with Gasteiger partial charge in [-0.3, -0.25) is 10.0 Å². The molecular formula is C25H24Cl2N4. The highest BCUT2D eigenvalue weighted by Crippen LogP contribution is 2.56. The van der Waals surface area contributed by atoms with Crippen molar-refractivity contribution in [3.05, 3.63) is 88.2 Å². The van der Waals surface area contributed by atoms with Crippen LogP contribution in [-0.2, 0) is 5.41 Å². The summed E-state index contributed by atoms with van der Waals surface area (Å²) in [6.07, 6.45) is 7.84. The topological polar surface area (TPSA) is 31.2 Å². The highest BCUT2D eigenvalue weighted by Gasteiger charge is 2.56. The first kappa shape index (κ1) is 20.3. The summed E-state index contributed by atoms with van der Waals surface area (Å²) >= 11 is 12.8. The monoisotopic (exact) mass is 450 g/mol. The van der Waals surface area contributed by atoms with Gasteiger partial charge in [-0.25, -0.2) is 0 Å². The smallest absolute Gasteiger partial charge is 0.130 e. The van der Waals surface area contributed by atoms with Crippen LogP contribution in [0.1, 0.15) is 36.8 Å².